The van der Waals surface area contributed by atoms with Crippen LogP contribution in [0.4, 0.5) is 5.69 Å². The molecule has 0 aliphatic heterocycles. The monoisotopic (exact) mass is 314 g/mol. The summed E-state index contributed by atoms with van der Waals surface area (Å²) in [4.78, 5) is 26.3. The van der Waals surface area contributed by atoms with Crippen LogP contribution >= 0.6 is 11.8 Å². The summed E-state index contributed by atoms with van der Waals surface area (Å²) in [6, 6.07) is 16.7. The Bertz CT molecular complexity index is 639. The lowest BCUT2D eigenvalue weighted by molar-refractivity contribution is -0.113. The van der Waals surface area contributed by atoms with Crippen LogP contribution in [-0.2, 0) is 4.79 Å². The number of hydrogen-bond donors (Lipinski definition) is 1. The zero-order chi connectivity index (χ0) is 15.9. The first kappa shape index (κ1) is 16.1. The third kappa shape index (κ3) is 4.63. The molecule has 0 atom stereocenters. The molecule has 0 fully saturated rings. The summed E-state index contributed by atoms with van der Waals surface area (Å²) in [6.45, 7) is 0. The molecule has 2 aromatic rings. The molecule has 2 aromatic carbocycles. The Labute approximate surface area is 134 Å². The molecular formula is C17H18N2O2S. The molecule has 4 nitrogen and oxygen atoms in total. The fourth-order valence-electron chi connectivity index (χ4n) is 1.82. The van der Waals surface area contributed by atoms with Crippen LogP contribution in [0.1, 0.15) is 10.4 Å². The van der Waals surface area contributed by atoms with Crippen LogP contribution < -0.4 is 5.32 Å². The van der Waals surface area contributed by atoms with E-state index in [2.05, 4.69) is 5.32 Å². The number of nitrogens with zero attached hydrogens (tertiary/aromatic N) is 1. The van der Waals surface area contributed by atoms with Gasteiger partial charge in [-0.2, -0.15) is 0 Å². The number of amides is 2. The number of anilines is 1. The molecular weight excluding hydrogens is 296 g/mol. The number of thioether (sulfide) groups is 1. The highest BCUT2D eigenvalue weighted by Crippen LogP contribution is 2.17. The summed E-state index contributed by atoms with van der Waals surface area (Å²) >= 11 is 1.49. The predicted octanol–water partition coefficient (Wildman–Crippen LogP) is 3.12. The molecule has 0 radical (unpaired) electrons. The van der Waals surface area contributed by atoms with Gasteiger partial charge in [0.15, 0.2) is 0 Å². The molecule has 0 bridgehead atoms. The predicted molar refractivity (Wildman–Crippen MR) is 90.3 cm³/mol. The van der Waals surface area contributed by atoms with Gasteiger partial charge in [-0.15, -0.1) is 11.8 Å². The van der Waals surface area contributed by atoms with Crippen LogP contribution in [0, 0.1) is 0 Å². The molecule has 22 heavy (non-hydrogen) atoms. The van der Waals surface area contributed by atoms with Gasteiger partial charge in [0.2, 0.25) is 5.91 Å². The maximum Gasteiger partial charge on any atom is 0.253 e. The van der Waals surface area contributed by atoms with Crippen molar-refractivity contribution in [3.63, 3.8) is 0 Å². The summed E-state index contributed by atoms with van der Waals surface area (Å²) in [7, 11) is 3.41. The van der Waals surface area contributed by atoms with Gasteiger partial charge in [-0.25, -0.2) is 0 Å². The van der Waals surface area contributed by atoms with Crippen LogP contribution in [-0.4, -0.2) is 36.6 Å². The topological polar surface area (TPSA) is 49.4 Å². The Morgan fingerprint density at radius 3 is 2.23 bits per heavy atom. The van der Waals surface area contributed by atoms with Crippen molar-refractivity contribution in [3.8, 4) is 0 Å². The second kappa shape index (κ2) is 7.66. The standard InChI is InChI=1S/C17H18N2O2S/c1-19(2)17(21)13-8-10-14(11-9-13)18-16(20)12-22-15-6-4-3-5-7-15/h3-11H,12H2,1-2H3,(H,18,20). The molecule has 114 valence electrons. The summed E-state index contributed by atoms with van der Waals surface area (Å²) in [5.41, 5.74) is 1.29. The quantitative estimate of drug-likeness (QED) is 0.863. The van der Waals surface area contributed by atoms with Crippen LogP contribution in [0.2, 0.25) is 0 Å². The van der Waals surface area contributed by atoms with Crippen molar-refractivity contribution in [1.29, 1.82) is 0 Å². The largest absolute Gasteiger partial charge is 0.345 e. The fourth-order valence-corrected chi connectivity index (χ4v) is 2.54. The molecule has 1 N–H and O–H groups in total. The van der Waals surface area contributed by atoms with Crippen molar-refractivity contribution in [2.45, 2.75) is 4.90 Å². The minimum Gasteiger partial charge on any atom is -0.345 e. The molecule has 0 unspecified atom stereocenters. The lowest BCUT2D eigenvalue weighted by Crippen LogP contribution is -2.21. The molecule has 0 spiro atoms. The minimum absolute atomic E-state index is 0.0579. The highest BCUT2D eigenvalue weighted by molar-refractivity contribution is 8.00. The number of rotatable bonds is 5. The summed E-state index contributed by atoms with van der Waals surface area (Å²) in [6.07, 6.45) is 0. The molecule has 0 saturated heterocycles. The van der Waals surface area contributed by atoms with Crippen molar-refractivity contribution in [3.05, 3.63) is 60.2 Å². The average Bonchev–Trinajstić information content (AvgIpc) is 2.54. The smallest absolute Gasteiger partial charge is 0.253 e. The number of benzene rings is 2. The highest BCUT2D eigenvalue weighted by atomic mass is 32.2. The van der Waals surface area contributed by atoms with Gasteiger partial charge in [-0.05, 0) is 36.4 Å². The Morgan fingerprint density at radius 2 is 1.64 bits per heavy atom. The van der Waals surface area contributed by atoms with E-state index in [1.165, 1.54) is 16.7 Å². The molecule has 0 aromatic heterocycles. The normalized spacial score (nSPS) is 10.1. The molecule has 0 aliphatic carbocycles. The summed E-state index contributed by atoms with van der Waals surface area (Å²) in [5, 5.41) is 2.82. The molecule has 2 amide bonds. The molecule has 5 heteroatoms. The minimum atomic E-state index is -0.0689. The summed E-state index contributed by atoms with van der Waals surface area (Å²) < 4.78 is 0. The Balaban J connectivity index is 1.88. The van der Waals surface area contributed by atoms with Gasteiger partial charge in [0.1, 0.15) is 0 Å². The van der Waals surface area contributed by atoms with Gasteiger partial charge < -0.3 is 10.2 Å². The van der Waals surface area contributed by atoms with Crippen molar-refractivity contribution < 1.29 is 9.59 Å². The zero-order valence-corrected chi connectivity index (χ0v) is 13.4. The maximum absolute atomic E-state index is 11.9. The SMILES string of the molecule is CN(C)C(=O)c1ccc(NC(=O)CSc2ccccc2)cc1. The second-order valence-corrected chi connectivity index (χ2v) is 5.98. The van der Waals surface area contributed by atoms with Crippen molar-refractivity contribution in [2.75, 3.05) is 25.2 Å². The summed E-state index contributed by atoms with van der Waals surface area (Å²) in [5.74, 6) is 0.223. The van der Waals surface area contributed by atoms with E-state index in [0.29, 0.717) is 17.0 Å². The van der Waals surface area contributed by atoms with Gasteiger partial charge in [-0.1, -0.05) is 18.2 Å². The van der Waals surface area contributed by atoms with Gasteiger partial charge >= 0.3 is 0 Å². The number of hydrogen-bond acceptors (Lipinski definition) is 3. The van der Waals surface area contributed by atoms with Crippen molar-refractivity contribution in [1.82, 2.24) is 4.90 Å². The van der Waals surface area contributed by atoms with Gasteiger partial charge in [0.05, 0.1) is 5.75 Å². The lowest BCUT2D eigenvalue weighted by atomic mass is 10.2. The van der Waals surface area contributed by atoms with E-state index in [0.717, 1.165) is 4.90 Å². The molecule has 2 rings (SSSR count). The third-order valence-corrected chi connectivity index (χ3v) is 3.95. The third-order valence-electron chi connectivity index (χ3n) is 2.93. The van der Waals surface area contributed by atoms with E-state index in [9.17, 15) is 9.59 Å². The van der Waals surface area contributed by atoms with Crippen LogP contribution in [0.15, 0.2) is 59.5 Å². The fraction of sp³-hybridized carbons (Fsp3) is 0.176. The van der Waals surface area contributed by atoms with E-state index in [1.54, 1.807) is 38.4 Å². The van der Waals surface area contributed by atoms with Gasteiger partial charge in [-0.3, -0.25) is 9.59 Å². The first-order valence-corrected chi connectivity index (χ1v) is 7.84. The van der Waals surface area contributed by atoms with Crippen molar-refractivity contribution >= 4 is 29.3 Å². The van der Waals surface area contributed by atoms with E-state index >= 15 is 0 Å². The average molecular weight is 314 g/mol. The van der Waals surface area contributed by atoms with E-state index in [-0.39, 0.29) is 11.8 Å². The lowest BCUT2D eigenvalue weighted by Gasteiger charge is -2.11. The molecule has 0 saturated carbocycles. The molecule has 0 aliphatic rings. The van der Waals surface area contributed by atoms with Crippen molar-refractivity contribution in [2.24, 2.45) is 0 Å². The molecule has 0 heterocycles. The number of carbonyl (C=O) groups is 2. The van der Waals surface area contributed by atoms with Crippen LogP contribution in [0.3, 0.4) is 0 Å². The zero-order valence-electron chi connectivity index (χ0n) is 12.6. The van der Waals surface area contributed by atoms with Crippen LogP contribution in [0.5, 0.6) is 0 Å². The Kier molecular flexibility index (Phi) is 5.61. The van der Waals surface area contributed by atoms with E-state index in [1.807, 2.05) is 30.3 Å². The van der Waals surface area contributed by atoms with Crippen LogP contribution in [0.25, 0.3) is 0 Å². The van der Waals surface area contributed by atoms with E-state index < -0.39 is 0 Å². The number of carbonyl (C=O) groups excluding carboxylic acids is 2. The first-order chi connectivity index (χ1) is 10.6. The Morgan fingerprint density at radius 1 is 1.00 bits per heavy atom. The van der Waals surface area contributed by atoms with Gasteiger partial charge in [0.25, 0.3) is 5.91 Å². The first-order valence-electron chi connectivity index (χ1n) is 6.85. The maximum atomic E-state index is 11.9. The Hall–Kier alpha value is -2.27. The van der Waals surface area contributed by atoms with E-state index in [4.69, 9.17) is 0 Å². The number of nitrogens with one attached hydrogen (secondary N) is 1. The highest BCUT2D eigenvalue weighted by Gasteiger charge is 2.08. The second-order valence-electron chi connectivity index (χ2n) is 4.93. The van der Waals surface area contributed by atoms with Gasteiger partial charge in [0, 0.05) is 30.2 Å².